The van der Waals surface area contributed by atoms with Gasteiger partial charge in [0, 0.05) is 11.8 Å². The first kappa shape index (κ1) is 12.2. The standard InChI is InChI=1S/C17H20N2/c1-4-9-19-11-13(3)17(18-19)16-10-12(2)5-8-15(16)14-6-7-14/h4-5,8,10-11,14H,1,6-7,9H2,2-3H3. The molecule has 1 aromatic heterocycles. The smallest absolute Gasteiger partial charge is 0.0955 e. The van der Waals surface area contributed by atoms with Crippen LogP contribution in [0.5, 0.6) is 0 Å². The Balaban J connectivity index is 2.09. The molecular formula is C17H20N2. The Bertz CT molecular complexity index is 618. The van der Waals surface area contributed by atoms with E-state index < -0.39 is 0 Å². The summed E-state index contributed by atoms with van der Waals surface area (Å²) in [4.78, 5) is 0. The van der Waals surface area contributed by atoms with Gasteiger partial charge in [0.15, 0.2) is 0 Å². The molecule has 0 spiro atoms. The van der Waals surface area contributed by atoms with Crippen LogP contribution in [-0.2, 0) is 6.54 Å². The number of aromatic nitrogens is 2. The topological polar surface area (TPSA) is 17.8 Å². The van der Waals surface area contributed by atoms with Gasteiger partial charge in [0.05, 0.1) is 12.2 Å². The van der Waals surface area contributed by atoms with E-state index in [1.54, 1.807) is 0 Å². The number of aryl methyl sites for hydroxylation is 2. The molecule has 0 N–H and O–H groups in total. The van der Waals surface area contributed by atoms with Gasteiger partial charge in [-0.15, -0.1) is 6.58 Å². The van der Waals surface area contributed by atoms with Crippen molar-refractivity contribution in [3.8, 4) is 11.3 Å². The van der Waals surface area contributed by atoms with Crippen LogP contribution in [0.3, 0.4) is 0 Å². The molecule has 1 fully saturated rings. The van der Waals surface area contributed by atoms with Crippen molar-refractivity contribution >= 4 is 0 Å². The predicted molar refractivity (Wildman–Crippen MR) is 79.3 cm³/mol. The molecule has 3 rings (SSSR count). The normalized spacial score (nSPS) is 14.6. The average Bonchev–Trinajstić information content (AvgIpc) is 3.14. The first-order chi connectivity index (χ1) is 9.19. The maximum absolute atomic E-state index is 4.73. The van der Waals surface area contributed by atoms with Crippen molar-refractivity contribution in [3.05, 3.63) is 53.7 Å². The highest BCUT2D eigenvalue weighted by atomic mass is 15.3. The zero-order valence-corrected chi connectivity index (χ0v) is 11.7. The van der Waals surface area contributed by atoms with Crippen molar-refractivity contribution in [2.75, 3.05) is 0 Å². The Hall–Kier alpha value is -1.83. The zero-order valence-electron chi connectivity index (χ0n) is 11.7. The summed E-state index contributed by atoms with van der Waals surface area (Å²) in [7, 11) is 0. The first-order valence-corrected chi connectivity index (χ1v) is 6.95. The third-order valence-electron chi connectivity index (χ3n) is 3.74. The minimum absolute atomic E-state index is 0.750. The predicted octanol–water partition coefficient (Wildman–Crippen LogP) is 4.23. The molecule has 1 aliphatic carbocycles. The highest BCUT2D eigenvalue weighted by Crippen LogP contribution is 2.44. The van der Waals surface area contributed by atoms with E-state index >= 15 is 0 Å². The third kappa shape index (κ3) is 2.35. The van der Waals surface area contributed by atoms with Crippen molar-refractivity contribution < 1.29 is 0 Å². The lowest BCUT2D eigenvalue weighted by Gasteiger charge is -2.08. The van der Waals surface area contributed by atoms with Gasteiger partial charge in [-0.25, -0.2) is 0 Å². The molecule has 1 heterocycles. The summed E-state index contributed by atoms with van der Waals surface area (Å²) in [5.74, 6) is 0.750. The highest BCUT2D eigenvalue weighted by Gasteiger charge is 2.27. The monoisotopic (exact) mass is 252 g/mol. The van der Waals surface area contributed by atoms with Crippen molar-refractivity contribution in [1.82, 2.24) is 9.78 Å². The maximum Gasteiger partial charge on any atom is 0.0955 e. The van der Waals surface area contributed by atoms with Crippen LogP contribution in [0.25, 0.3) is 11.3 Å². The van der Waals surface area contributed by atoms with E-state index in [9.17, 15) is 0 Å². The fraction of sp³-hybridized carbons (Fsp3) is 0.353. The molecule has 2 aromatic rings. The number of allylic oxidation sites excluding steroid dienone is 1. The molecule has 2 heteroatoms. The maximum atomic E-state index is 4.73. The van der Waals surface area contributed by atoms with Gasteiger partial charge in [-0.05, 0) is 49.8 Å². The second kappa shape index (κ2) is 4.69. The zero-order chi connectivity index (χ0) is 13.4. The molecule has 1 aliphatic rings. The summed E-state index contributed by atoms with van der Waals surface area (Å²) in [6.07, 6.45) is 6.63. The number of nitrogens with zero attached hydrogens (tertiary/aromatic N) is 2. The van der Waals surface area contributed by atoms with Crippen LogP contribution in [0, 0.1) is 13.8 Å². The van der Waals surface area contributed by atoms with Crippen molar-refractivity contribution in [2.24, 2.45) is 0 Å². The molecule has 1 aromatic carbocycles. The summed E-state index contributed by atoms with van der Waals surface area (Å²) >= 11 is 0. The molecule has 0 radical (unpaired) electrons. The highest BCUT2D eigenvalue weighted by molar-refractivity contribution is 5.68. The van der Waals surface area contributed by atoms with Crippen LogP contribution >= 0.6 is 0 Å². The molecule has 1 saturated carbocycles. The van der Waals surface area contributed by atoms with Gasteiger partial charge in [0.25, 0.3) is 0 Å². The molecule has 98 valence electrons. The van der Waals surface area contributed by atoms with Crippen molar-refractivity contribution in [1.29, 1.82) is 0 Å². The summed E-state index contributed by atoms with van der Waals surface area (Å²) in [6, 6.07) is 6.78. The van der Waals surface area contributed by atoms with E-state index in [2.05, 4.69) is 44.8 Å². The quantitative estimate of drug-likeness (QED) is 0.744. The molecule has 0 saturated heterocycles. The second-order valence-electron chi connectivity index (χ2n) is 5.54. The molecule has 0 amide bonds. The van der Waals surface area contributed by atoms with Crippen LogP contribution in [0.15, 0.2) is 37.1 Å². The summed E-state index contributed by atoms with van der Waals surface area (Å²) in [5.41, 5.74) is 6.47. The number of hydrogen-bond acceptors (Lipinski definition) is 1. The lowest BCUT2D eigenvalue weighted by atomic mass is 9.97. The second-order valence-corrected chi connectivity index (χ2v) is 5.54. The number of rotatable bonds is 4. The third-order valence-corrected chi connectivity index (χ3v) is 3.74. The molecule has 19 heavy (non-hydrogen) atoms. The van der Waals surface area contributed by atoms with Crippen LogP contribution in [-0.4, -0.2) is 9.78 Å². The van der Waals surface area contributed by atoms with Crippen LogP contribution in [0.4, 0.5) is 0 Å². The lowest BCUT2D eigenvalue weighted by molar-refractivity contribution is 0.704. The molecule has 0 aliphatic heterocycles. The van der Waals surface area contributed by atoms with Gasteiger partial charge in [0.1, 0.15) is 0 Å². The van der Waals surface area contributed by atoms with Gasteiger partial charge < -0.3 is 0 Å². The van der Waals surface area contributed by atoms with Crippen LogP contribution in [0.2, 0.25) is 0 Å². The van der Waals surface area contributed by atoms with E-state index in [0.717, 1.165) is 18.2 Å². The Labute approximate surface area is 114 Å². The van der Waals surface area contributed by atoms with Crippen molar-refractivity contribution in [2.45, 2.75) is 39.2 Å². The first-order valence-electron chi connectivity index (χ1n) is 6.95. The Morgan fingerprint density at radius 2 is 2.16 bits per heavy atom. The van der Waals surface area contributed by atoms with E-state index in [0.29, 0.717) is 0 Å². The minimum Gasteiger partial charge on any atom is -0.268 e. The van der Waals surface area contributed by atoms with Gasteiger partial charge in [-0.3, -0.25) is 4.68 Å². The van der Waals surface area contributed by atoms with Gasteiger partial charge >= 0.3 is 0 Å². The number of benzene rings is 1. The van der Waals surface area contributed by atoms with Gasteiger partial charge in [0.2, 0.25) is 0 Å². The molecule has 2 nitrogen and oxygen atoms in total. The lowest BCUT2D eigenvalue weighted by Crippen LogP contribution is -1.96. The molecule has 0 atom stereocenters. The fourth-order valence-electron chi connectivity index (χ4n) is 2.64. The Morgan fingerprint density at radius 1 is 1.37 bits per heavy atom. The molecule has 0 bridgehead atoms. The number of hydrogen-bond donors (Lipinski definition) is 0. The van der Waals surface area contributed by atoms with Crippen molar-refractivity contribution in [3.63, 3.8) is 0 Å². The van der Waals surface area contributed by atoms with E-state index in [1.165, 1.54) is 35.1 Å². The van der Waals surface area contributed by atoms with Gasteiger partial charge in [-0.2, -0.15) is 5.10 Å². The fourth-order valence-corrected chi connectivity index (χ4v) is 2.64. The SMILES string of the molecule is C=CCn1cc(C)c(-c2cc(C)ccc2C2CC2)n1. The Kier molecular flexibility index (Phi) is 3.02. The summed E-state index contributed by atoms with van der Waals surface area (Å²) < 4.78 is 1.97. The molecular weight excluding hydrogens is 232 g/mol. The van der Waals surface area contributed by atoms with E-state index in [-0.39, 0.29) is 0 Å². The van der Waals surface area contributed by atoms with Gasteiger partial charge in [-0.1, -0.05) is 23.8 Å². The van der Waals surface area contributed by atoms with Crippen LogP contribution in [0.1, 0.15) is 35.4 Å². The van der Waals surface area contributed by atoms with E-state index in [4.69, 9.17) is 5.10 Å². The average molecular weight is 252 g/mol. The van der Waals surface area contributed by atoms with E-state index in [1.807, 2.05) is 10.8 Å². The molecule has 0 unspecified atom stereocenters. The largest absolute Gasteiger partial charge is 0.268 e. The summed E-state index contributed by atoms with van der Waals surface area (Å²) in [5, 5.41) is 4.73. The summed E-state index contributed by atoms with van der Waals surface area (Å²) in [6.45, 7) is 8.83. The minimum atomic E-state index is 0.750. The Morgan fingerprint density at radius 3 is 2.84 bits per heavy atom. The van der Waals surface area contributed by atoms with Crippen LogP contribution < -0.4 is 0 Å².